The highest BCUT2D eigenvalue weighted by Crippen LogP contribution is 2.34. The van der Waals surface area contributed by atoms with E-state index in [1.54, 1.807) is 12.1 Å². The van der Waals surface area contributed by atoms with Crippen LogP contribution in [0.2, 0.25) is 0 Å². The maximum absolute atomic E-state index is 13.9. The van der Waals surface area contributed by atoms with Crippen LogP contribution in [0.5, 0.6) is 0 Å². The van der Waals surface area contributed by atoms with Crippen LogP contribution in [0.1, 0.15) is 50.5 Å². The molecule has 0 radical (unpaired) electrons. The second-order valence-electron chi connectivity index (χ2n) is 5.41. The zero-order valence-electron chi connectivity index (χ0n) is 11.3. The monoisotopic (exact) mass is 249 g/mol. The van der Waals surface area contributed by atoms with Gasteiger partial charge in [0.2, 0.25) is 0 Å². The topological polar surface area (TPSA) is 12.0 Å². The fraction of sp³-hybridized carbons (Fsp3) is 0.625. The van der Waals surface area contributed by atoms with Crippen LogP contribution in [0.4, 0.5) is 4.39 Å². The van der Waals surface area contributed by atoms with Crippen molar-refractivity contribution in [3.05, 3.63) is 35.6 Å². The van der Waals surface area contributed by atoms with Gasteiger partial charge < -0.3 is 5.32 Å². The van der Waals surface area contributed by atoms with Gasteiger partial charge in [0.1, 0.15) is 5.82 Å². The first-order valence-electron chi connectivity index (χ1n) is 7.26. The highest BCUT2D eigenvalue weighted by atomic mass is 19.1. The fourth-order valence-electron chi connectivity index (χ4n) is 3.09. The van der Waals surface area contributed by atoms with Gasteiger partial charge in [-0.3, -0.25) is 0 Å². The minimum Gasteiger partial charge on any atom is -0.316 e. The molecule has 1 aliphatic carbocycles. The van der Waals surface area contributed by atoms with E-state index in [4.69, 9.17) is 0 Å². The van der Waals surface area contributed by atoms with Gasteiger partial charge in [0.05, 0.1) is 0 Å². The Kier molecular flexibility index (Phi) is 5.18. The zero-order chi connectivity index (χ0) is 12.8. The van der Waals surface area contributed by atoms with Gasteiger partial charge in [0.15, 0.2) is 0 Å². The van der Waals surface area contributed by atoms with Crippen LogP contribution in [0, 0.1) is 11.7 Å². The van der Waals surface area contributed by atoms with Crippen molar-refractivity contribution in [2.24, 2.45) is 5.92 Å². The second kappa shape index (κ2) is 6.89. The predicted molar refractivity (Wildman–Crippen MR) is 74.3 cm³/mol. The standard InChI is InChI=1S/C16H24FN/c1-2-18-12-14(11-13-7-3-4-8-13)15-9-5-6-10-16(15)17/h5-6,9-10,13-14,18H,2-4,7-8,11-12H2,1H3. The number of hydrogen-bond acceptors (Lipinski definition) is 1. The third kappa shape index (κ3) is 3.55. The number of nitrogens with one attached hydrogen (secondary N) is 1. The Morgan fingerprint density at radius 3 is 2.67 bits per heavy atom. The lowest BCUT2D eigenvalue weighted by Crippen LogP contribution is -2.23. The first-order valence-corrected chi connectivity index (χ1v) is 7.26. The number of likely N-dealkylation sites (N-methyl/N-ethyl adjacent to an activating group) is 1. The van der Waals surface area contributed by atoms with Gasteiger partial charge in [-0.2, -0.15) is 0 Å². The maximum atomic E-state index is 13.9. The molecular weight excluding hydrogens is 225 g/mol. The predicted octanol–water partition coefficient (Wildman–Crippen LogP) is 4.10. The van der Waals surface area contributed by atoms with Gasteiger partial charge in [0, 0.05) is 6.54 Å². The molecule has 1 nitrogen and oxygen atoms in total. The summed E-state index contributed by atoms with van der Waals surface area (Å²) in [7, 11) is 0. The molecule has 1 atom stereocenters. The zero-order valence-corrected chi connectivity index (χ0v) is 11.3. The van der Waals surface area contributed by atoms with Crippen molar-refractivity contribution in [2.45, 2.75) is 44.9 Å². The van der Waals surface area contributed by atoms with Crippen LogP contribution in [0.25, 0.3) is 0 Å². The van der Waals surface area contributed by atoms with E-state index >= 15 is 0 Å². The molecule has 1 N–H and O–H groups in total. The fourth-order valence-corrected chi connectivity index (χ4v) is 3.09. The molecule has 0 heterocycles. The molecule has 0 bridgehead atoms. The molecule has 18 heavy (non-hydrogen) atoms. The second-order valence-corrected chi connectivity index (χ2v) is 5.41. The maximum Gasteiger partial charge on any atom is 0.126 e. The van der Waals surface area contributed by atoms with Gasteiger partial charge >= 0.3 is 0 Å². The van der Waals surface area contributed by atoms with Gasteiger partial charge in [0.25, 0.3) is 0 Å². The first kappa shape index (κ1) is 13.5. The van der Waals surface area contributed by atoms with Crippen molar-refractivity contribution in [3.8, 4) is 0 Å². The minimum absolute atomic E-state index is 0.0431. The lowest BCUT2D eigenvalue weighted by atomic mass is 9.87. The summed E-state index contributed by atoms with van der Waals surface area (Å²) in [5, 5.41) is 3.38. The first-order chi connectivity index (χ1) is 8.81. The summed E-state index contributed by atoms with van der Waals surface area (Å²) >= 11 is 0. The number of benzene rings is 1. The summed E-state index contributed by atoms with van der Waals surface area (Å²) in [6.07, 6.45) is 6.51. The highest BCUT2D eigenvalue weighted by Gasteiger charge is 2.22. The smallest absolute Gasteiger partial charge is 0.126 e. The molecule has 0 amide bonds. The van der Waals surface area contributed by atoms with Crippen LogP contribution in [-0.2, 0) is 0 Å². The van der Waals surface area contributed by atoms with Crippen molar-refractivity contribution >= 4 is 0 Å². The van der Waals surface area contributed by atoms with Crippen LogP contribution < -0.4 is 5.32 Å². The Labute approximate surface area is 110 Å². The SMILES string of the molecule is CCNCC(CC1CCCC1)c1ccccc1F. The molecule has 2 heteroatoms. The Morgan fingerprint density at radius 1 is 1.28 bits per heavy atom. The molecule has 1 aromatic rings. The summed E-state index contributed by atoms with van der Waals surface area (Å²) < 4.78 is 13.9. The van der Waals surface area contributed by atoms with Crippen molar-refractivity contribution in [2.75, 3.05) is 13.1 Å². The average Bonchev–Trinajstić information content (AvgIpc) is 2.88. The molecule has 0 aliphatic heterocycles. The van der Waals surface area contributed by atoms with E-state index in [2.05, 4.69) is 12.2 Å². The molecule has 1 saturated carbocycles. The summed E-state index contributed by atoms with van der Waals surface area (Å²) in [4.78, 5) is 0. The molecule has 1 fully saturated rings. The van der Waals surface area contributed by atoms with Gasteiger partial charge in [-0.25, -0.2) is 4.39 Å². The quantitative estimate of drug-likeness (QED) is 0.800. The lowest BCUT2D eigenvalue weighted by Gasteiger charge is -2.21. The van der Waals surface area contributed by atoms with E-state index < -0.39 is 0 Å². The Morgan fingerprint density at radius 2 is 2.00 bits per heavy atom. The van der Waals surface area contributed by atoms with Gasteiger partial charge in [-0.05, 0) is 36.4 Å². The highest BCUT2D eigenvalue weighted by molar-refractivity contribution is 5.22. The van der Waals surface area contributed by atoms with E-state index in [9.17, 15) is 4.39 Å². The van der Waals surface area contributed by atoms with E-state index in [0.717, 1.165) is 31.0 Å². The summed E-state index contributed by atoms with van der Waals surface area (Å²) in [5.74, 6) is 1.08. The van der Waals surface area contributed by atoms with Crippen molar-refractivity contribution in [1.82, 2.24) is 5.32 Å². The largest absolute Gasteiger partial charge is 0.316 e. The number of halogens is 1. The summed E-state index contributed by atoms with van der Waals surface area (Å²) in [6.45, 7) is 3.96. The molecule has 0 aromatic heterocycles. The van der Waals surface area contributed by atoms with Crippen molar-refractivity contribution in [1.29, 1.82) is 0 Å². The Bertz CT molecular complexity index is 358. The van der Waals surface area contributed by atoms with Crippen molar-refractivity contribution in [3.63, 3.8) is 0 Å². The molecule has 1 aliphatic rings. The number of rotatable bonds is 6. The lowest BCUT2D eigenvalue weighted by molar-refractivity contribution is 0.420. The van der Waals surface area contributed by atoms with E-state index in [1.807, 2.05) is 12.1 Å². The summed E-state index contributed by atoms with van der Waals surface area (Å²) in [6, 6.07) is 7.26. The Hall–Kier alpha value is -0.890. The van der Waals surface area contributed by atoms with Crippen LogP contribution in [-0.4, -0.2) is 13.1 Å². The molecule has 1 aromatic carbocycles. The van der Waals surface area contributed by atoms with Crippen LogP contribution in [0.3, 0.4) is 0 Å². The van der Waals surface area contributed by atoms with E-state index in [1.165, 1.54) is 25.7 Å². The summed E-state index contributed by atoms with van der Waals surface area (Å²) in [5.41, 5.74) is 0.894. The van der Waals surface area contributed by atoms with Crippen LogP contribution in [0.15, 0.2) is 24.3 Å². The average molecular weight is 249 g/mol. The minimum atomic E-state index is -0.0431. The van der Waals surface area contributed by atoms with Gasteiger partial charge in [-0.1, -0.05) is 50.8 Å². The van der Waals surface area contributed by atoms with E-state index in [-0.39, 0.29) is 5.82 Å². The molecule has 2 rings (SSSR count). The van der Waals surface area contributed by atoms with E-state index in [0.29, 0.717) is 5.92 Å². The molecule has 100 valence electrons. The Balaban J connectivity index is 2.06. The van der Waals surface area contributed by atoms with Gasteiger partial charge in [-0.15, -0.1) is 0 Å². The molecule has 0 spiro atoms. The van der Waals surface area contributed by atoms with Crippen LogP contribution >= 0.6 is 0 Å². The normalized spacial score (nSPS) is 18.1. The molecule has 0 saturated heterocycles. The molecule has 1 unspecified atom stereocenters. The third-order valence-corrected chi connectivity index (χ3v) is 4.08. The molecular formula is C16H24FN. The van der Waals surface area contributed by atoms with Crippen molar-refractivity contribution < 1.29 is 4.39 Å². The third-order valence-electron chi connectivity index (χ3n) is 4.08. The number of hydrogen-bond donors (Lipinski definition) is 1.